The number of Topliss-reactive ketones (excluding diaryl/α,β-unsaturated/α-hetero) is 1. The van der Waals surface area contributed by atoms with Gasteiger partial charge in [0.15, 0.2) is 11.6 Å². The molecule has 0 saturated heterocycles. The third-order valence-electron chi connectivity index (χ3n) is 4.89. The van der Waals surface area contributed by atoms with E-state index in [-0.39, 0.29) is 11.3 Å². The molecule has 1 atom stereocenters. The lowest BCUT2D eigenvalue weighted by molar-refractivity contribution is -0.155. The molecule has 3 aromatic carbocycles. The second-order valence-electron chi connectivity index (χ2n) is 6.84. The average Bonchev–Trinajstić information content (AvgIpc) is 2.77. The number of alkyl halides is 3. The fourth-order valence-corrected chi connectivity index (χ4v) is 2.95. The predicted octanol–water partition coefficient (Wildman–Crippen LogP) is 5.97. The summed E-state index contributed by atoms with van der Waals surface area (Å²) in [5, 5.41) is 0. The lowest BCUT2D eigenvalue weighted by atomic mass is 9.95. The lowest BCUT2D eigenvalue weighted by Crippen LogP contribution is -2.28. The highest BCUT2D eigenvalue weighted by atomic mass is 19.4. The van der Waals surface area contributed by atoms with Crippen molar-refractivity contribution >= 4 is 11.6 Å². The van der Waals surface area contributed by atoms with E-state index in [2.05, 4.69) is 0 Å². The number of methoxy groups -OCH3 is 1. The molecule has 0 saturated carbocycles. The third-order valence-corrected chi connectivity index (χ3v) is 4.89. The molecule has 3 rings (SSSR count). The second-order valence-corrected chi connectivity index (χ2v) is 6.84. The largest absolute Gasteiger partial charge is 0.497 e. The number of rotatable bonds is 6. The topological polar surface area (TPSA) is 43.4 Å². The molecule has 0 spiro atoms. The number of hydrogen-bond acceptors (Lipinski definition) is 3. The number of benzene rings is 3. The standard InChI is InChI=1S/C24H19F3O3/c1-15(24(25,26)27)22(28)18-7-9-20(10-8-18)23(29)19-5-3-16(4-6-19)17-11-13-21(30-2)14-12-17/h3-15H,1-2H3. The Morgan fingerprint density at radius 1 is 0.733 bits per heavy atom. The van der Waals surface area contributed by atoms with Crippen LogP contribution in [0, 0.1) is 5.92 Å². The maximum Gasteiger partial charge on any atom is 0.398 e. The molecule has 6 heteroatoms. The van der Waals surface area contributed by atoms with E-state index in [1.165, 1.54) is 24.3 Å². The van der Waals surface area contributed by atoms with Crippen molar-refractivity contribution in [3.05, 3.63) is 89.5 Å². The van der Waals surface area contributed by atoms with Gasteiger partial charge in [0.2, 0.25) is 0 Å². The summed E-state index contributed by atoms with van der Waals surface area (Å²) in [6, 6.07) is 19.8. The van der Waals surface area contributed by atoms with Crippen molar-refractivity contribution in [3.8, 4) is 16.9 Å². The predicted molar refractivity (Wildman–Crippen MR) is 108 cm³/mol. The van der Waals surface area contributed by atoms with Gasteiger partial charge in [-0.1, -0.05) is 60.7 Å². The van der Waals surface area contributed by atoms with Gasteiger partial charge < -0.3 is 4.74 Å². The minimum atomic E-state index is -4.60. The number of ether oxygens (including phenoxy) is 1. The number of hydrogen-bond donors (Lipinski definition) is 0. The fourth-order valence-electron chi connectivity index (χ4n) is 2.95. The second kappa shape index (κ2) is 8.53. The number of carbonyl (C=O) groups excluding carboxylic acids is 2. The van der Waals surface area contributed by atoms with Crippen molar-refractivity contribution in [2.75, 3.05) is 7.11 Å². The monoisotopic (exact) mass is 412 g/mol. The van der Waals surface area contributed by atoms with Crippen molar-refractivity contribution in [2.24, 2.45) is 5.92 Å². The van der Waals surface area contributed by atoms with Gasteiger partial charge in [-0.05, 0) is 30.2 Å². The summed E-state index contributed by atoms with van der Waals surface area (Å²) in [6.07, 6.45) is -4.60. The molecule has 0 aromatic heterocycles. The van der Waals surface area contributed by atoms with E-state index in [0.29, 0.717) is 11.1 Å². The summed E-state index contributed by atoms with van der Waals surface area (Å²) in [6.45, 7) is 0.825. The van der Waals surface area contributed by atoms with E-state index in [1.807, 2.05) is 36.4 Å². The first kappa shape index (κ1) is 21.3. The van der Waals surface area contributed by atoms with Crippen LogP contribution in [0.15, 0.2) is 72.8 Å². The first-order chi connectivity index (χ1) is 14.2. The average molecular weight is 412 g/mol. The van der Waals surface area contributed by atoms with Crippen molar-refractivity contribution in [3.63, 3.8) is 0 Å². The van der Waals surface area contributed by atoms with Gasteiger partial charge in [0.1, 0.15) is 11.7 Å². The van der Waals surface area contributed by atoms with Crippen LogP contribution in [0.25, 0.3) is 11.1 Å². The molecule has 0 N–H and O–H groups in total. The fraction of sp³-hybridized carbons (Fsp3) is 0.167. The Morgan fingerprint density at radius 2 is 1.13 bits per heavy atom. The van der Waals surface area contributed by atoms with Gasteiger partial charge in [-0.15, -0.1) is 0 Å². The minimum absolute atomic E-state index is 0.0776. The summed E-state index contributed by atoms with van der Waals surface area (Å²) in [4.78, 5) is 24.6. The van der Waals surface area contributed by atoms with Crippen LogP contribution >= 0.6 is 0 Å². The molecule has 0 amide bonds. The maximum absolute atomic E-state index is 12.7. The van der Waals surface area contributed by atoms with Crippen LogP contribution < -0.4 is 4.74 Å². The third kappa shape index (κ3) is 4.59. The van der Waals surface area contributed by atoms with Crippen LogP contribution in [0.3, 0.4) is 0 Å². The molecule has 3 nitrogen and oxygen atoms in total. The Hall–Kier alpha value is -3.41. The maximum atomic E-state index is 12.7. The van der Waals surface area contributed by atoms with Gasteiger partial charge in [0.25, 0.3) is 0 Å². The van der Waals surface area contributed by atoms with Crippen molar-refractivity contribution in [1.29, 1.82) is 0 Å². The van der Waals surface area contributed by atoms with E-state index in [0.717, 1.165) is 23.8 Å². The van der Waals surface area contributed by atoms with Gasteiger partial charge in [0.05, 0.1) is 7.11 Å². The Morgan fingerprint density at radius 3 is 1.57 bits per heavy atom. The first-order valence-corrected chi connectivity index (χ1v) is 9.21. The Balaban J connectivity index is 1.75. The van der Waals surface area contributed by atoms with Gasteiger partial charge in [-0.3, -0.25) is 9.59 Å². The van der Waals surface area contributed by atoms with Crippen molar-refractivity contribution in [1.82, 2.24) is 0 Å². The van der Waals surface area contributed by atoms with E-state index >= 15 is 0 Å². The molecule has 154 valence electrons. The highest BCUT2D eigenvalue weighted by molar-refractivity contribution is 6.09. The zero-order valence-corrected chi connectivity index (χ0v) is 16.4. The summed E-state index contributed by atoms with van der Waals surface area (Å²) < 4.78 is 43.3. The Kier molecular flexibility index (Phi) is 6.06. The Bertz CT molecular complexity index is 1040. The minimum Gasteiger partial charge on any atom is -0.497 e. The van der Waals surface area contributed by atoms with Gasteiger partial charge in [-0.2, -0.15) is 13.2 Å². The van der Waals surface area contributed by atoms with Gasteiger partial charge in [-0.25, -0.2) is 0 Å². The van der Waals surface area contributed by atoms with Crippen molar-refractivity contribution < 1.29 is 27.5 Å². The highest BCUT2D eigenvalue weighted by Crippen LogP contribution is 2.29. The van der Waals surface area contributed by atoms with Crippen LogP contribution in [0.5, 0.6) is 5.75 Å². The molecule has 0 heterocycles. The molecule has 30 heavy (non-hydrogen) atoms. The number of ketones is 2. The molecule has 3 aromatic rings. The molecule has 0 aliphatic heterocycles. The number of carbonyl (C=O) groups is 2. The van der Waals surface area contributed by atoms with E-state index in [9.17, 15) is 22.8 Å². The Labute approximate surface area is 172 Å². The normalized spacial score (nSPS) is 12.3. The molecule has 0 fully saturated rings. The van der Waals surface area contributed by atoms with E-state index < -0.39 is 17.9 Å². The van der Waals surface area contributed by atoms with Crippen molar-refractivity contribution in [2.45, 2.75) is 13.1 Å². The molecular weight excluding hydrogens is 393 g/mol. The molecule has 1 unspecified atom stereocenters. The number of halogens is 3. The molecule has 0 bridgehead atoms. The SMILES string of the molecule is COc1ccc(-c2ccc(C(=O)c3ccc(C(=O)C(C)C(F)(F)F)cc3)cc2)cc1. The highest BCUT2D eigenvalue weighted by Gasteiger charge is 2.41. The quantitative estimate of drug-likeness (QED) is 0.468. The van der Waals surface area contributed by atoms with Gasteiger partial charge >= 0.3 is 6.18 Å². The van der Waals surface area contributed by atoms with Gasteiger partial charge in [0, 0.05) is 16.7 Å². The molecule has 0 aliphatic carbocycles. The molecule has 0 aliphatic rings. The van der Waals surface area contributed by atoms with Crippen LogP contribution in [0.2, 0.25) is 0 Å². The van der Waals surface area contributed by atoms with E-state index in [1.54, 1.807) is 19.2 Å². The summed E-state index contributed by atoms with van der Waals surface area (Å²) in [7, 11) is 1.59. The smallest absolute Gasteiger partial charge is 0.398 e. The first-order valence-electron chi connectivity index (χ1n) is 9.21. The molecule has 0 radical (unpaired) electrons. The summed E-state index contributed by atoms with van der Waals surface area (Å²) >= 11 is 0. The molecular formula is C24H19F3O3. The van der Waals surface area contributed by atoms with Crippen LogP contribution in [-0.2, 0) is 0 Å². The van der Waals surface area contributed by atoms with E-state index in [4.69, 9.17) is 4.74 Å². The van der Waals surface area contributed by atoms with Crippen LogP contribution in [0.4, 0.5) is 13.2 Å². The van der Waals surface area contributed by atoms with Crippen LogP contribution in [-0.4, -0.2) is 24.9 Å². The van der Waals surface area contributed by atoms with Crippen LogP contribution in [0.1, 0.15) is 33.2 Å². The zero-order chi connectivity index (χ0) is 21.9. The summed E-state index contributed by atoms with van der Waals surface area (Å²) in [5.41, 5.74) is 2.55. The summed E-state index contributed by atoms with van der Waals surface area (Å²) in [5.74, 6) is -2.65. The lowest BCUT2D eigenvalue weighted by Gasteiger charge is -2.14. The zero-order valence-electron chi connectivity index (χ0n) is 16.4.